The second-order valence-electron chi connectivity index (χ2n) is 6.00. The third-order valence-electron chi connectivity index (χ3n) is 4.01. The van der Waals surface area contributed by atoms with Crippen LogP contribution in [0.5, 0.6) is 0 Å². The van der Waals surface area contributed by atoms with Crippen molar-refractivity contribution in [2.24, 2.45) is 4.99 Å². The van der Waals surface area contributed by atoms with Crippen LogP contribution < -0.4 is 10.9 Å². The maximum absolute atomic E-state index is 14.3. The second-order valence-corrected chi connectivity index (χ2v) is 7.32. The molecule has 0 saturated carbocycles. The average Bonchev–Trinajstić information content (AvgIpc) is 2.72. The first-order chi connectivity index (χ1) is 14.0. The average molecular weight is 473 g/mol. The minimum Gasteiger partial charge on any atom is -0.438 e. The van der Waals surface area contributed by atoms with E-state index in [1.165, 1.54) is 12.1 Å². The van der Waals surface area contributed by atoms with Gasteiger partial charge in [-0.3, -0.25) is 4.79 Å². The SMILES string of the molecule is O=C(Nc1ccccn1)c1cc2cc(Br)ccc2oc1=Nc1cccc(Cl)c1F. The van der Waals surface area contributed by atoms with Gasteiger partial charge in [-0.1, -0.05) is 39.7 Å². The summed E-state index contributed by atoms with van der Waals surface area (Å²) in [6, 6.07) is 16.5. The van der Waals surface area contributed by atoms with Gasteiger partial charge in [0.05, 0.1) is 5.02 Å². The molecule has 0 unspecified atom stereocenters. The number of hydrogen-bond acceptors (Lipinski definition) is 4. The van der Waals surface area contributed by atoms with Gasteiger partial charge in [-0.05, 0) is 48.5 Å². The van der Waals surface area contributed by atoms with Crippen molar-refractivity contribution in [2.45, 2.75) is 0 Å². The molecule has 5 nitrogen and oxygen atoms in total. The number of nitrogens with zero attached hydrogens (tertiary/aromatic N) is 2. The normalized spacial score (nSPS) is 11.6. The van der Waals surface area contributed by atoms with Crippen LogP contribution in [0.25, 0.3) is 11.0 Å². The summed E-state index contributed by atoms with van der Waals surface area (Å²) < 4.78 is 21.0. The number of nitrogens with one attached hydrogen (secondary N) is 1. The van der Waals surface area contributed by atoms with Gasteiger partial charge in [-0.15, -0.1) is 0 Å². The number of benzene rings is 2. The number of rotatable bonds is 3. The van der Waals surface area contributed by atoms with Gasteiger partial charge in [-0.25, -0.2) is 14.4 Å². The number of carbonyl (C=O) groups excluding carboxylic acids is 1. The number of aromatic nitrogens is 1. The van der Waals surface area contributed by atoms with E-state index in [4.69, 9.17) is 16.0 Å². The van der Waals surface area contributed by atoms with Gasteiger partial charge in [0.2, 0.25) is 5.55 Å². The zero-order valence-electron chi connectivity index (χ0n) is 14.7. The van der Waals surface area contributed by atoms with Crippen molar-refractivity contribution < 1.29 is 13.6 Å². The summed E-state index contributed by atoms with van der Waals surface area (Å²) in [5.41, 5.74) is 0.531. The highest BCUT2D eigenvalue weighted by atomic mass is 79.9. The Morgan fingerprint density at radius 2 is 2.00 bits per heavy atom. The molecule has 0 aliphatic heterocycles. The van der Waals surface area contributed by atoms with Crippen LogP contribution in [0.4, 0.5) is 15.9 Å². The standard InChI is InChI=1S/C21H12BrClFN3O2/c22-13-7-8-17-12(10-13)11-14(20(28)27-18-6-1-2-9-25-18)21(29-17)26-16-5-3-4-15(23)19(16)24/h1-11H,(H,25,27,28). The summed E-state index contributed by atoms with van der Waals surface area (Å²) in [5, 5.41) is 3.29. The molecule has 8 heteroatoms. The highest BCUT2D eigenvalue weighted by Gasteiger charge is 2.15. The fraction of sp³-hybridized carbons (Fsp3) is 0. The fourth-order valence-corrected chi connectivity index (χ4v) is 3.20. The Labute approximate surface area is 178 Å². The van der Waals surface area contributed by atoms with Crippen molar-refractivity contribution in [3.8, 4) is 0 Å². The minimum atomic E-state index is -0.698. The second kappa shape index (κ2) is 8.14. The smallest absolute Gasteiger partial charge is 0.262 e. The van der Waals surface area contributed by atoms with Crippen molar-refractivity contribution >= 4 is 55.9 Å². The molecular weight excluding hydrogens is 461 g/mol. The Hall–Kier alpha value is -3.03. The van der Waals surface area contributed by atoms with Crippen molar-refractivity contribution in [1.82, 2.24) is 4.98 Å². The van der Waals surface area contributed by atoms with E-state index in [1.807, 2.05) is 0 Å². The van der Waals surface area contributed by atoms with Crippen LogP contribution in [0, 0.1) is 5.82 Å². The minimum absolute atomic E-state index is 0.0374. The van der Waals surface area contributed by atoms with Crippen LogP contribution in [0.3, 0.4) is 0 Å². The first-order valence-corrected chi connectivity index (χ1v) is 9.63. The number of hydrogen-bond donors (Lipinski definition) is 1. The molecule has 0 spiro atoms. The van der Waals surface area contributed by atoms with Gasteiger partial charge in [0.1, 0.15) is 22.7 Å². The summed E-state index contributed by atoms with van der Waals surface area (Å²) in [6.45, 7) is 0. The van der Waals surface area contributed by atoms with Gasteiger partial charge in [0.25, 0.3) is 5.91 Å². The predicted octanol–water partition coefficient (Wildman–Crippen LogP) is 5.87. The number of amides is 1. The maximum atomic E-state index is 14.3. The molecule has 1 amide bonds. The van der Waals surface area contributed by atoms with Crippen LogP contribution in [0.1, 0.15) is 10.4 Å². The highest BCUT2D eigenvalue weighted by molar-refractivity contribution is 9.10. The Morgan fingerprint density at radius 3 is 2.79 bits per heavy atom. The third kappa shape index (κ3) is 4.21. The molecule has 4 rings (SSSR count). The number of pyridine rings is 1. The van der Waals surface area contributed by atoms with Crippen LogP contribution in [0.2, 0.25) is 5.02 Å². The monoisotopic (exact) mass is 471 g/mol. The molecule has 2 heterocycles. The molecule has 1 N–H and O–H groups in total. The van der Waals surface area contributed by atoms with E-state index in [0.29, 0.717) is 16.8 Å². The Balaban J connectivity index is 1.90. The van der Waals surface area contributed by atoms with E-state index < -0.39 is 11.7 Å². The largest absolute Gasteiger partial charge is 0.438 e. The fourth-order valence-electron chi connectivity index (χ4n) is 2.66. The quantitative estimate of drug-likeness (QED) is 0.406. The Bertz CT molecular complexity index is 1290. The molecule has 144 valence electrons. The lowest BCUT2D eigenvalue weighted by Crippen LogP contribution is -2.22. The molecule has 0 aliphatic carbocycles. The Kier molecular flexibility index (Phi) is 5.42. The number of halogens is 3. The lowest BCUT2D eigenvalue weighted by molar-refractivity contribution is 0.102. The van der Waals surface area contributed by atoms with Crippen molar-refractivity contribution in [3.63, 3.8) is 0 Å². The molecular formula is C21H12BrClFN3O2. The lowest BCUT2D eigenvalue weighted by Gasteiger charge is -2.07. The topological polar surface area (TPSA) is 67.5 Å². The molecule has 0 atom stereocenters. The first-order valence-electron chi connectivity index (χ1n) is 8.46. The third-order valence-corrected chi connectivity index (χ3v) is 4.80. The molecule has 0 bridgehead atoms. The molecule has 2 aromatic carbocycles. The zero-order chi connectivity index (χ0) is 20.4. The Morgan fingerprint density at radius 1 is 1.14 bits per heavy atom. The predicted molar refractivity (Wildman–Crippen MR) is 113 cm³/mol. The van der Waals surface area contributed by atoms with E-state index in [0.717, 1.165) is 4.47 Å². The van der Waals surface area contributed by atoms with Crippen molar-refractivity contribution in [2.75, 3.05) is 5.32 Å². The molecule has 2 aromatic heterocycles. The van der Waals surface area contributed by atoms with Crippen LogP contribution in [-0.4, -0.2) is 10.9 Å². The molecule has 0 fully saturated rings. The van der Waals surface area contributed by atoms with E-state index in [-0.39, 0.29) is 21.8 Å². The van der Waals surface area contributed by atoms with E-state index >= 15 is 0 Å². The summed E-state index contributed by atoms with van der Waals surface area (Å²) >= 11 is 9.24. The molecule has 4 aromatic rings. The van der Waals surface area contributed by atoms with Gasteiger partial charge >= 0.3 is 0 Å². The van der Waals surface area contributed by atoms with Crippen LogP contribution >= 0.6 is 27.5 Å². The van der Waals surface area contributed by atoms with E-state index in [2.05, 4.69) is 31.2 Å². The van der Waals surface area contributed by atoms with Crippen molar-refractivity contribution in [3.05, 3.63) is 93.3 Å². The summed E-state index contributed by atoms with van der Waals surface area (Å²) in [5.74, 6) is -0.821. The van der Waals surface area contributed by atoms with Crippen LogP contribution in [-0.2, 0) is 0 Å². The van der Waals surface area contributed by atoms with E-state index in [9.17, 15) is 9.18 Å². The van der Waals surface area contributed by atoms with Gasteiger partial charge in [-0.2, -0.15) is 0 Å². The molecule has 0 saturated heterocycles. The highest BCUT2D eigenvalue weighted by Crippen LogP contribution is 2.25. The summed E-state index contributed by atoms with van der Waals surface area (Å²) in [7, 11) is 0. The summed E-state index contributed by atoms with van der Waals surface area (Å²) in [6.07, 6.45) is 1.56. The number of carbonyl (C=O) groups is 1. The van der Waals surface area contributed by atoms with Gasteiger partial charge < -0.3 is 9.73 Å². The number of fused-ring (bicyclic) bond motifs is 1. The lowest BCUT2D eigenvalue weighted by atomic mass is 10.1. The first kappa shape index (κ1) is 19.3. The van der Waals surface area contributed by atoms with Crippen molar-refractivity contribution in [1.29, 1.82) is 0 Å². The zero-order valence-corrected chi connectivity index (χ0v) is 17.0. The summed E-state index contributed by atoms with van der Waals surface area (Å²) in [4.78, 5) is 21.2. The van der Waals surface area contributed by atoms with Gasteiger partial charge in [0, 0.05) is 16.1 Å². The van der Waals surface area contributed by atoms with Gasteiger partial charge in [0.15, 0.2) is 5.82 Å². The molecule has 29 heavy (non-hydrogen) atoms. The van der Waals surface area contributed by atoms with Crippen LogP contribution in [0.15, 0.2) is 80.7 Å². The number of anilines is 1. The molecule has 0 aliphatic rings. The van der Waals surface area contributed by atoms with E-state index in [1.54, 1.807) is 54.7 Å². The maximum Gasteiger partial charge on any atom is 0.262 e. The molecule has 0 radical (unpaired) electrons.